The van der Waals surface area contributed by atoms with Crippen molar-refractivity contribution in [3.05, 3.63) is 0 Å². The summed E-state index contributed by atoms with van der Waals surface area (Å²) in [7, 11) is -19.1. The molecule has 0 aliphatic carbocycles. The standard InChI is InChI=1S/C3H4ClF3O3S.C2H5ClO.C2F6O5S2/c4-1-2-10-11(8,9)3(5,6)7;3-1-2-4;3-1(4,5)14(9,10)13-15(11,12)2(6,7)8/h1-2H2;4H,1-2H2;. The Morgan fingerprint density at radius 3 is 1.07 bits per heavy atom. The average molecular weight is 575 g/mol. The summed E-state index contributed by atoms with van der Waals surface area (Å²) in [5.74, 6) is 0.0370. The molecular formula is C7H9Cl2F9O9S3. The van der Waals surface area contributed by atoms with Crippen molar-refractivity contribution < 1.29 is 77.7 Å². The van der Waals surface area contributed by atoms with Crippen LogP contribution in [0.1, 0.15) is 0 Å². The maximum Gasteiger partial charge on any atom is 0.524 e. The summed E-state index contributed by atoms with van der Waals surface area (Å²) in [6, 6.07) is 0. The van der Waals surface area contributed by atoms with Gasteiger partial charge in [-0.2, -0.15) is 64.8 Å². The van der Waals surface area contributed by atoms with E-state index in [9.17, 15) is 64.8 Å². The third-order valence-electron chi connectivity index (χ3n) is 1.43. The third kappa shape index (κ3) is 13.2. The van der Waals surface area contributed by atoms with E-state index >= 15 is 0 Å². The molecule has 0 fully saturated rings. The zero-order chi connectivity index (χ0) is 25.2. The smallest absolute Gasteiger partial charge is 0.395 e. The highest BCUT2D eigenvalue weighted by Crippen LogP contribution is 2.32. The molecule has 0 aromatic rings. The van der Waals surface area contributed by atoms with Crippen LogP contribution in [0.15, 0.2) is 0 Å². The van der Waals surface area contributed by atoms with Crippen LogP contribution in [0.5, 0.6) is 0 Å². The zero-order valence-corrected chi connectivity index (χ0v) is 17.4. The SMILES string of the molecule is O=S(=O)(OCCCl)C(F)(F)F.O=S(=O)(OS(=O)(=O)C(F)(F)F)C(F)(F)F.OCCCl. The van der Waals surface area contributed by atoms with Gasteiger partial charge >= 0.3 is 46.9 Å². The lowest BCUT2D eigenvalue weighted by Crippen LogP contribution is -2.34. The van der Waals surface area contributed by atoms with Gasteiger partial charge < -0.3 is 5.11 Å². The Morgan fingerprint density at radius 1 is 0.633 bits per heavy atom. The van der Waals surface area contributed by atoms with E-state index in [0.29, 0.717) is 5.88 Å². The van der Waals surface area contributed by atoms with Gasteiger partial charge in [-0.05, 0) is 0 Å². The highest BCUT2D eigenvalue weighted by atomic mass is 35.5. The second-order valence-corrected chi connectivity index (χ2v) is 9.34. The number of hydrogen-bond donors (Lipinski definition) is 1. The molecule has 0 saturated heterocycles. The molecule has 0 amide bonds. The van der Waals surface area contributed by atoms with Gasteiger partial charge in [0.15, 0.2) is 0 Å². The molecule has 0 aromatic heterocycles. The molecule has 23 heteroatoms. The first-order chi connectivity index (χ1) is 12.9. The zero-order valence-electron chi connectivity index (χ0n) is 13.4. The Morgan fingerprint density at radius 2 is 0.900 bits per heavy atom. The Bertz CT molecular complexity index is 756. The van der Waals surface area contributed by atoms with Crippen LogP contribution in [0.3, 0.4) is 0 Å². The topological polar surface area (TPSA) is 141 Å². The van der Waals surface area contributed by atoms with E-state index in [1.54, 1.807) is 0 Å². The van der Waals surface area contributed by atoms with Crippen molar-refractivity contribution in [2.45, 2.75) is 16.5 Å². The van der Waals surface area contributed by atoms with E-state index in [4.69, 9.17) is 28.3 Å². The van der Waals surface area contributed by atoms with Crippen molar-refractivity contribution in [1.82, 2.24) is 0 Å². The van der Waals surface area contributed by atoms with E-state index in [-0.39, 0.29) is 12.5 Å². The van der Waals surface area contributed by atoms with Gasteiger partial charge in [-0.15, -0.1) is 26.8 Å². The van der Waals surface area contributed by atoms with Crippen molar-refractivity contribution >= 4 is 53.6 Å². The fourth-order valence-electron chi connectivity index (χ4n) is 0.403. The summed E-state index contributed by atoms with van der Waals surface area (Å²) in [5.41, 5.74) is -17.9. The van der Waals surface area contributed by atoms with Gasteiger partial charge in [-0.1, -0.05) is 0 Å². The predicted molar refractivity (Wildman–Crippen MR) is 80.5 cm³/mol. The Labute approximate surface area is 173 Å². The van der Waals surface area contributed by atoms with Gasteiger partial charge in [0.05, 0.1) is 13.2 Å². The molecule has 186 valence electrons. The average Bonchev–Trinajstić information content (AvgIpc) is 2.49. The van der Waals surface area contributed by atoms with Crippen molar-refractivity contribution in [2.24, 2.45) is 0 Å². The third-order valence-corrected chi connectivity index (χ3v) is 5.36. The first-order valence-electron chi connectivity index (χ1n) is 5.95. The van der Waals surface area contributed by atoms with Crippen LogP contribution in [0.2, 0.25) is 0 Å². The number of aliphatic hydroxyl groups excluding tert-OH is 1. The van der Waals surface area contributed by atoms with E-state index in [1.165, 1.54) is 0 Å². The molecule has 0 atom stereocenters. The van der Waals surface area contributed by atoms with Gasteiger partial charge in [0.25, 0.3) is 0 Å². The quantitative estimate of drug-likeness (QED) is 0.218. The summed E-state index contributed by atoms with van der Waals surface area (Å²) in [6.45, 7) is -0.592. The van der Waals surface area contributed by atoms with Crippen LogP contribution in [0.4, 0.5) is 39.5 Å². The van der Waals surface area contributed by atoms with Crippen LogP contribution in [-0.4, -0.2) is 71.9 Å². The number of halogens is 11. The van der Waals surface area contributed by atoms with E-state index in [1.807, 2.05) is 3.63 Å². The van der Waals surface area contributed by atoms with Gasteiger partial charge in [0, 0.05) is 11.8 Å². The van der Waals surface area contributed by atoms with Crippen LogP contribution in [-0.2, 0) is 38.2 Å². The van der Waals surface area contributed by atoms with E-state index in [0.717, 1.165) is 0 Å². The molecule has 0 bridgehead atoms. The number of alkyl halides is 11. The molecular weight excluding hydrogens is 566 g/mol. The van der Waals surface area contributed by atoms with Gasteiger partial charge in [-0.3, -0.25) is 4.18 Å². The highest BCUT2D eigenvalue weighted by Gasteiger charge is 2.57. The first kappa shape index (κ1) is 34.3. The molecule has 0 rings (SSSR count). The fraction of sp³-hybridized carbons (Fsp3) is 1.00. The monoisotopic (exact) mass is 574 g/mol. The lowest BCUT2D eigenvalue weighted by atomic mass is 10.9. The van der Waals surface area contributed by atoms with Crippen LogP contribution in [0, 0.1) is 0 Å². The molecule has 1 N–H and O–H groups in total. The number of aliphatic hydroxyl groups is 1. The van der Waals surface area contributed by atoms with Crippen molar-refractivity contribution in [3.63, 3.8) is 0 Å². The highest BCUT2D eigenvalue weighted by molar-refractivity contribution is 8.00. The minimum Gasteiger partial charge on any atom is -0.395 e. The Kier molecular flexibility index (Phi) is 14.5. The van der Waals surface area contributed by atoms with Crippen LogP contribution in [0.25, 0.3) is 0 Å². The lowest BCUT2D eigenvalue weighted by Gasteiger charge is -2.09. The van der Waals surface area contributed by atoms with Gasteiger partial charge in [0.2, 0.25) is 0 Å². The molecule has 9 nitrogen and oxygen atoms in total. The fourth-order valence-corrected chi connectivity index (χ4v) is 2.57. The Balaban J connectivity index is -0.000000425. The largest absolute Gasteiger partial charge is 0.524 e. The van der Waals surface area contributed by atoms with Crippen LogP contribution >= 0.6 is 23.2 Å². The molecule has 0 aliphatic rings. The molecule has 0 aliphatic heterocycles. The second kappa shape index (κ2) is 12.6. The van der Waals surface area contributed by atoms with Crippen molar-refractivity contribution in [1.29, 1.82) is 0 Å². The number of hydrogen-bond acceptors (Lipinski definition) is 9. The Hall–Kier alpha value is -0.320. The summed E-state index contributed by atoms with van der Waals surface area (Å²) < 4.78 is 168. The molecule has 0 aromatic carbocycles. The summed E-state index contributed by atoms with van der Waals surface area (Å²) >= 11 is 9.84. The summed E-state index contributed by atoms with van der Waals surface area (Å²) in [4.78, 5) is 0. The minimum absolute atomic E-state index is 0.0849. The molecule has 0 unspecified atom stereocenters. The van der Waals surface area contributed by atoms with Gasteiger partial charge in [-0.25, -0.2) is 0 Å². The maximum atomic E-state index is 11.4. The first-order valence-corrected chi connectivity index (χ1v) is 11.2. The molecule has 0 heterocycles. The van der Waals surface area contributed by atoms with Crippen LogP contribution < -0.4 is 0 Å². The van der Waals surface area contributed by atoms with E-state index in [2.05, 4.69) is 4.18 Å². The summed E-state index contributed by atoms with van der Waals surface area (Å²) in [6.07, 6.45) is 0. The normalized spacial score (nSPS) is 13.6. The summed E-state index contributed by atoms with van der Waals surface area (Å²) in [5, 5.41) is 7.74. The molecule has 0 spiro atoms. The molecule has 30 heavy (non-hydrogen) atoms. The minimum atomic E-state index is -6.85. The maximum absolute atomic E-state index is 11.4. The number of rotatable bonds is 6. The lowest BCUT2D eigenvalue weighted by molar-refractivity contribution is -0.0586. The van der Waals surface area contributed by atoms with E-state index < -0.39 is 53.5 Å². The predicted octanol–water partition coefficient (Wildman–Crippen LogP) is 2.01. The molecule has 0 radical (unpaired) electrons. The van der Waals surface area contributed by atoms with Crippen molar-refractivity contribution in [2.75, 3.05) is 25.0 Å². The molecule has 0 saturated carbocycles. The second-order valence-electron chi connectivity index (χ2n) is 3.69. The van der Waals surface area contributed by atoms with Crippen molar-refractivity contribution in [3.8, 4) is 0 Å². The van der Waals surface area contributed by atoms with Gasteiger partial charge in [0.1, 0.15) is 0 Å².